The molecule has 0 saturated heterocycles. The summed E-state index contributed by atoms with van der Waals surface area (Å²) in [6.07, 6.45) is 3.17. The maximum Gasteiger partial charge on any atom is 0.186 e. The van der Waals surface area contributed by atoms with E-state index in [1.54, 1.807) is 36.4 Å². The Morgan fingerprint density at radius 3 is 2.80 bits per heavy atom. The van der Waals surface area contributed by atoms with Crippen molar-refractivity contribution in [2.45, 2.75) is 6.92 Å². The third-order valence-electron chi connectivity index (χ3n) is 3.45. The highest BCUT2D eigenvalue weighted by Gasteiger charge is 2.06. The molecular formula is C20H16FNO2S. The van der Waals surface area contributed by atoms with Crippen LogP contribution >= 0.6 is 11.3 Å². The Labute approximate surface area is 149 Å². The van der Waals surface area contributed by atoms with Crippen molar-refractivity contribution in [1.82, 2.24) is 4.98 Å². The SMILES string of the molecule is CCOc1cccc(C(=O)C=Cc2csc(-c3ccc(F)cc3)n2)c1. The summed E-state index contributed by atoms with van der Waals surface area (Å²) in [6.45, 7) is 2.45. The first-order valence-corrected chi connectivity index (χ1v) is 8.70. The molecule has 0 fully saturated rings. The standard InChI is InChI=1S/C20H16FNO2S/c1-2-24-18-5-3-4-15(12-18)19(23)11-10-17-13-25-20(22-17)14-6-8-16(21)9-7-14/h3-13H,2H2,1H3. The van der Waals surface area contributed by atoms with Crippen LogP contribution in [0, 0.1) is 5.82 Å². The summed E-state index contributed by atoms with van der Waals surface area (Å²) in [7, 11) is 0. The van der Waals surface area contributed by atoms with Crippen LogP contribution in [0.3, 0.4) is 0 Å². The number of allylic oxidation sites excluding steroid dienone is 1. The third kappa shape index (κ3) is 4.39. The second kappa shape index (κ2) is 7.85. The second-order valence-electron chi connectivity index (χ2n) is 5.24. The number of halogens is 1. The van der Waals surface area contributed by atoms with Gasteiger partial charge in [-0.1, -0.05) is 12.1 Å². The van der Waals surface area contributed by atoms with E-state index in [1.807, 2.05) is 18.4 Å². The van der Waals surface area contributed by atoms with E-state index in [1.165, 1.54) is 29.5 Å². The lowest BCUT2D eigenvalue weighted by atomic mass is 10.1. The number of hydrogen-bond donors (Lipinski definition) is 0. The van der Waals surface area contributed by atoms with Crippen LogP contribution in [-0.4, -0.2) is 17.4 Å². The van der Waals surface area contributed by atoms with Gasteiger partial charge in [0.15, 0.2) is 5.78 Å². The number of ether oxygens (including phenoxy) is 1. The number of rotatable bonds is 6. The highest BCUT2D eigenvalue weighted by Crippen LogP contribution is 2.24. The van der Waals surface area contributed by atoms with E-state index in [0.717, 1.165) is 10.6 Å². The van der Waals surface area contributed by atoms with Gasteiger partial charge in [-0.3, -0.25) is 4.79 Å². The Hall–Kier alpha value is -2.79. The van der Waals surface area contributed by atoms with Crippen LogP contribution < -0.4 is 4.74 Å². The van der Waals surface area contributed by atoms with Gasteiger partial charge in [0.25, 0.3) is 0 Å². The maximum absolute atomic E-state index is 13.0. The minimum Gasteiger partial charge on any atom is -0.494 e. The van der Waals surface area contributed by atoms with Crippen LogP contribution in [0.2, 0.25) is 0 Å². The van der Waals surface area contributed by atoms with E-state index in [0.29, 0.717) is 23.6 Å². The molecule has 1 heterocycles. The monoisotopic (exact) mass is 353 g/mol. The summed E-state index contributed by atoms with van der Waals surface area (Å²) in [6, 6.07) is 13.3. The molecule has 5 heteroatoms. The summed E-state index contributed by atoms with van der Waals surface area (Å²) < 4.78 is 18.4. The van der Waals surface area contributed by atoms with Crippen molar-refractivity contribution < 1.29 is 13.9 Å². The second-order valence-corrected chi connectivity index (χ2v) is 6.10. The first-order chi connectivity index (χ1) is 12.2. The molecule has 0 aliphatic rings. The predicted octanol–water partition coefficient (Wildman–Crippen LogP) is 5.24. The lowest BCUT2D eigenvalue weighted by Gasteiger charge is -2.03. The van der Waals surface area contributed by atoms with Crippen molar-refractivity contribution in [2.75, 3.05) is 6.61 Å². The zero-order chi connectivity index (χ0) is 17.6. The average molecular weight is 353 g/mol. The molecule has 126 valence electrons. The Balaban J connectivity index is 1.73. The molecule has 0 amide bonds. The van der Waals surface area contributed by atoms with E-state index in [9.17, 15) is 9.18 Å². The minimum atomic E-state index is -0.277. The molecule has 0 radical (unpaired) electrons. The van der Waals surface area contributed by atoms with E-state index in [2.05, 4.69) is 4.98 Å². The Kier molecular flexibility index (Phi) is 5.36. The molecule has 0 N–H and O–H groups in total. The van der Waals surface area contributed by atoms with E-state index in [4.69, 9.17) is 4.74 Å². The van der Waals surface area contributed by atoms with Crippen LogP contribution in [-0.2, 0) is 0 Å². The number of thiazole rings is 1. The molecule has 0 atom stereocenters. The van der Waals surface area contributed by atoms with Gasteiger partial charge in [-0.25, -0.2) is 9.37 Å². The van der Waals surface area contributed by atoms with Crippen molar-refractivity contribution in [3.8, 4) is 16.3 Å². The first-order valence-electron chi connectivity index (χ1n) is 7.82. The quantitative estimate of drug-likeness (QED) is 0.449. The lowest BCUT2D eigenvalue weighted by Crippen LogP contribution is -1.97. The normalized spacial score (nSPS) is 11.0. The summed E-state index contributed by atoms with van der Waals surface area (Å²) in [5.41, 5.74) is 2.11. The minimum absolute atomic E-state index is 0.113. The van der Waals surface area contributed by atoms with Gasteiger partial charge in [-0.2, -0.15) is 0 Å². The zero-order valence-electron chi connectivity index (χ0n) is 13.6. The first kappa shape index (κ1) is 17.0. The van der Waals surface area contributed by atoms with Gasteiger partial charge < -0.3 is 4.74 Å². The average Bonchev–Trinajstić information content (AvgIpc) is 3.10. The molecule has 3 aromatic rings. The summed E-state index contributed by atoms with van der Waals surface area (Å²) in [5, 5.41) is 2.64. The summed E-state index contributed by atoms with van der Waals surface area (Å²) >= 11 is 1.45. The van der Waals surface area contributed by atoms with E-state index in [-0.39, 0.29) is 11.6 Å². The molecule has 2 aromatic carbocycles. The molecule has 3 rings (SSSR count). The van der Waals surface area contributed by atoms with Gasteiger partial charge in [0, 0.05) is 16.5 Å². The molecule has 0 aliphatic heterocycles. The number of aromatic nitrogens is 1. The zero-order valence-corrected chi connectivity index (χ0v) is 14.4. The van der Waals surface area contributed by atoms with Gasteiger partial charge in [-0.15, -0.1) is 11.3 Å². The highest BCUT2D eigenvalue weighted by molar-refractivity contribution is 7.13. The summed E-state index contributed by atoms with van der Waals surface area (Å²) in [4.78, 5) is 16.7. The van der Waals surface area contributed by atoms with Gasteiger partial charge in [0.1, 0.15) is 16.6 Å². The van der Waals surface area contributed by atoms with Crippen LogP contribution in [0.15, 0.2) is 60.0 Å². The molecule has 0 unspecified atom stereocenters. The molecular weight excluding hydrogens is 337 g/mol. The Morgan fingerprint density at radius 1 is 1.24 bits per heavy atom. The Bertz CT molecular complexity index is 900. The van der Waals surface area contributed by atoms with Crippen molar-refractivity contribution in [3.05, 3.63) is 77.1 Å². The summed E-state index contributed by atoms with van der Waals surface area (Å²) in [5.74, 6) is 0.284. The fraction of sp³-hybridized carbons (Fsp3) is 0.100. The fourth-order valence-electron chi connectivity index (χ4n) is 2.25. The molecule has 3 nitrogen and oxygen atoms in total. The molecule has 0 aliphatic carbocycles. The van der Waals surface area contributed by atoms with Gasteiger partial charge in [-0.05, 0) is 55.5 Å². The van der Waals surface area contributed by atoms with E-state index < -0.39 is 0 Å². The topological polar surface area (TPSA) is 39.2 Å². The van der Waals surface area contributed by atoms with Crippen molar-refractivity contribution in [1.29, 1.82) is 0 Å². The lowest BCUT2D eigenvalue weighted by molar-refractivity contribution is 0.104. The van der Waals surface area contributed by atoms with Crippen molar-refractivity contribution in [2.24, 2.45) is 0 Å². The van der Waals surface area contributed by atoms with Crippen LogP contribution in [0.4, 0.5) is 4.39 Å². The van der Waals surface area contributed by atoms with E-state index >= 15 is 0 Å². The number of carbonyl (C=O) groups excluding carboxylic acids is 1. The number of carbonyl (C=O) groups is 1. The molecule has 0 spiro atoms. The van der Waals surface area contributed by atoms with Gasteiger partial charge >= 0.3 is 0 Å². The Morgan fingerprint density at radius 2 is 2.04 bits per heavy atom. The molecule has 1 aromatic heterocycles. The van der Waals surface area contributed by atoms with Crippen LogP contribution in [0.1, 0.15) is 23.0 Å². The predicted molar refractivity (Wildman–Crippen MR) is 98.5 cm³/mol. The number of benzene rings is 2. The smallest absolute Gasteiger partial charge is 0.186 e. The van der Waals surface area contributed by atoms with Crippen LogP contribution in [0.5, 0.6) is 5.75 Å². The largest absolute Gasteiger partial charge is 0.494 e. The fourth-order valence-corrected chi connectivity index (χ4v) is 3.04. The number of nitrogens with zero attached hydrogens (tertiary/aromatic N) is 1. The van der Waals surface area contributed by atoms with Gasteiger partial charge in [0.2, 0.25) is 0 Å². The van der Waals surface area contributed by atoms with Crippen LogP contribution in [0.25, 0.3) is 16.6 Å². The van der Waals surface area contributed by atoms with Crippen molar-refractivity contribution >= 4 is 23.2 Å². The molecule has 0 bridgehead atoms. The van der Waals surface area contributed by atoms with Crippen molar-refractivity contribution in [3.63, 3.8) is 0 Å². The highest BCUT2D eigenvalue weighted by atomic mass is 32.1. The number of ketones is 1. The molecule has 0 saturated carbocycles. The molecule has 25 heavy (non-hydrogen) atoms. The maximum atomic E-state index is 13.0. The third-order valence-corrected chi connectivity index (χ3v) is 4.36. The number of hydrogen-bond acceptors (Lipinski definition) is 4. The van der Waals surface area contributed by atoms with Gasteiger partial charge in [0.05, 0.1) is 12.3 Å².